The number of carbonyl (C=O) groups excluding carboxylic acids is 2. The van der Waals surface area contributed by atoms with Gasteiger partial charge in [0.05, 0.1) is 11.8 Å². The van der Waals surface area contributed by atoms with E-state index in [4.69, 9.17) is 4.42 Å². The first-order chi connectivity index (χ1) is 18.7. The van der Waals surface area contributed by atoms with E-state index < -0.39 is 41.7 Å². The van der Waals surface area contributed by atoms with E-state index in [0.29, 0.717) is 23.8 Å². The van der Waals surface area contributed by atoms with Crippen LogP contribution < -0.4 is 10.6 Å². The SMILES string of the molecule is N#CC1(NC(=O)C2(NC(=O)c3cc4ccc(-c5ccc(-n6cncn6)cc5)cc4o3)CCC(F)(F)CC2)CC1. The highest BCUT2D eigenvalue weighted by atomic mass is 19.3. The van der Waals surface area contributed by atoms with Crippen LogP contribution in [0.3, 0.4) is 0 Å². The Kier molecular flexibility index (Phi) is 5.71. The number of hydrogen-bond acceptors (Lipinski definition) is 6. The Bertz CT molecular complexity index is 1590. The number of amides is 2. The maximum Gasteiger partial charge on any atom is 0.287 e. The van der Waals surface area contributed by atoms with Crippen LogP contribution in [0.15, 0.2) is 65.6 Å². The molecule has 0 spiro atoms. The lowest BCUT2D eigenvalue weighted by Gasteiger charge is -2.39. The topological polar surface area (TPSA) is 126 Å². The molecule has 2 N–H and O–H groups in total. The van der Waals surface area contributed by atoms with E-state index in [1.165, 1.54) is 6.33 Å². The third-order valence-corrected chi connectivity index (χ3v) is 7.57. The minimum Gasteiger partial charge on any atom is -0.451 e. The van der Waals surface area contributed by atoms with Gasteiger partial charge >= 0.3 is 0 Å². The highest BCUT2D eigenvalue weighted by molar-refractivity contribution is 6.00. The molecule has 2 heterocycles. The quantitative estimate of drug-likeness (QED) is 0.377. The fourth-order valence-electron chi connectivity index (χ4n) is 4.93. The molecule has 11 heteroatoms. The Labute approximate surface area is 221 Å². The van der Waals surface area contributed by atoms with Crippen molar-refractivity contribution in [2.45, 2.75) is 55.5 Å². The lowest BCUT2D eigenvalue weighted by atomic mass is 9.78. The maximum absolute atomic E-state index is 14.0. The molecule has 2 saturated carbocycles. The van der Waals surface area contributed by atoms with Gasteiger partial charge in [0.25, 0.3) is 5.91 Å². The van der Waals surface area contributed by atoms with E-state index in [2.05, 4.69) is 26.8 Å². The molecule has 2 aliphatic rings. The van der Waals surface area contributed by atoms with Gasteiger partial charge in [-0.2, -0.15) is 10.4 Å². The number of nitrogens with one attached hydrogen (secondary N) is 2. The largest absolute Gasteiger partial charge is 0.451 e. The van der Waals surface area contributed by atoms with Gasteiger partial charge in [0.15, 0.2) is 5.76 Å². The molecular formula is C28H24F2N6O3. The highest BCUT2D eigenvalue weighted by Crippen LogP contribution is 2.41. The summed E-state index contributed by atoms with van der Waals surface area (Å²) in [6.45, 7) is 0. The number of nitrogens with zero attached hydrogens (tertiary/aromatic N) is 4. The monoisotopic (exact) mass is 530 g/mol. The van der Waals surface area contributed by atoms with E-state index in [1.807, 2.05) is 42.5 Å². The van der Waals surface area contributed by atoms with Crippen molar-refractivity contribution in [1.29, 1.82) is 5.26 Å². The lowest BCUT2D eigenvalue weighted by molar-refractivity contribution is -0.133. The molecule has 0 unspecified atom stereocenters. The minimum absolute atomic E-state index is 0.0328. The number of carbonyl (C=O) groups is 2. The first kappa shape index (κ1) is 24.7. The van der Waals surface area contributed by atoms with Crippen molar-refractivity contribution >= 4 is 22.8 Å². The van der Waals surface area contributed by atoms with Gasteiger partial charge < -0.3 is 15.1 Å². The molecule has 9 nitrogen and oxygen atoms in total. The van der Waals surface area contributed by atoms with Crippen LogP contribution in [-0.2, 0) is 4.79 Å². The van der Waals surface area contributed by atoms with Gasteiger partial charge in [-0.3, -0.25) is 9.59 Å². The summed E-state index contributed by atoms with van der Waals surface area (Å²) >= 11 is 0. The zero-order valence-corrected chi connectivity index (χ0v) is 20.8. The summed E-state index contributed by atoms with van der Waals surface area (Å²) in [5.41, 5.74) is 0.571. The third kappa shape index (κ3) is 4.74. The lowest BCUT2D eigenvalue weighted by Crippen LogP contribution is -2.62. The number of halogens is 2. The molecule has 0 saturated heterocycles. The summed E-state index contributed by atoms with van der Waals surface area (Å²) in [5.74, 6) is -4.23. The second-order valence-electron chi connectivity index (χ2n) is 10.3. The standard InChI is InChI=1S/C28H24F2N6O3/c29-28(30)11-9-27(10-12-28,25(38)35-26(15-31)7-8-26)34-24(37)23-14-20-2-1-19(13-22(20)39-23)18-3-5-21(6-4-18)36-17-32-16-33-36/h1-6,13-14,16-17H,7-12H2,(H,34,37)(H,35,38). The molecule has 39 heavy (non-hydrogen) atoms. The number of alkyl halides is 2. The zero-order chi connectivity index (χ0) is 27.3. The van der Waals surface area contributed by atoms with Crippen LogP contribution in [0.4, 0.5) is 8.78 Å². The van der Waals surface area contributed by atoms with Crippen LogP contribution >= 0.6 is 0 Å². The average Bonchev–Trinajstić information content (AvgIpc) is 3.30. The smallest absolute Gasteiger partial charge is 0.287 e. The first-order valence-electron chi connectivity index (χ1n) is 12.6. The van der Waals surface area contributed by atoms with Crippen LogP contribution in [-0.4, -0.2) is 43.6 Å². The van der Waals surface area contributed by atoms with Crippen LogP contribution in [0.1, 0.15) is 49.1 Å². The Morgan fingerprint density at radius 2 is 1.67 bits per heavy atom. The van der Waals surface area contributed by atoms with E-state index >= 15 is 0 Å². The molecule has 0 atom stereocenters. The molecule has 2 aromatic carbocycles. The molecule has 2 aromatic heterocycles. The maximum atomic E-state index is 14.0. The Morgan fingerprint density at radius 3 is 2.31 bits per heavy atom. The predicted octanol–water partition coefficient (Wildman–Crippen LogP) is 4.53. The Morgan fingerprint density at radius 1 is 0.949 bits per heavy atom. The van der Waals surface area contributed by atoms with Crippen LogP contribution in [0.5, 0.6) is 0 Å². The Balaban J connectivity index is 1.23. The van der Waals surface area contributed by atoms with E-state index in [-0.39, 0.29) is 18.6 Å². The van der Waals surface area contributed by atoms with E-state index in [0.717, 1.165) is 16.8 Å². The first-order valence-corrected chi connectivity index (χ1v) is 12.6. The van der Waals surface area contributed by atoms with Crippen molar-refractivity contribution < 1.29 is 22.8 Å². The summed E-state index contributed by atoms with van der Waals surface area (Å²) in [6.07, 6.45) is 2.48. The van der Waals surface area contributed by atoms with Crippen molar-refractivity contribution in [1.82, 2.24) is 25.4 Å². The van der Waals surface area contributed by atoms with Gasteiger partial charge in [-0.15, -0.1) is 0 Å². The van der Waals surface area contributed by atoms with Crippen molar-refractivity contribution in [3.05, 3.63) is 66.9 Å². The summed E-state index contributed by atoms with van der Waals surface area (Å²) in [5, 5.41) is 19.5. The number of furan rings is 1. The molecule has 2 aliphatic carbocycles. The van der Waals surface area contributed by atoms with Crippen molar-refractivity contribution in [3.8, 4) is 22.9 Å². The number of aromatic nitrogens is 3. The summed E-state index contributed by atoms with van der Waals surface area (Å²) in [4.78, 5) is 30.4. The molecule has 2 fully saturated rings. The fraction of sp³-hybridized carbons (Fsp3) is 0.321. The van der Waals surface area contributed by atoms with Gasteiger partial charge in [-0.1, -0.05) is 24.3 Å². The second kappa shape index (κ2) is 9.01. The Hall–Kier alpha value is -4.59. The molecule has 0 radical (unpaired) electrons. The molecule has 6 rings (SSSR count). The summed E-state index contributed by atoms with van der Waals surface area (Å²) in [7, 11) is 0. The fourth-order valence-corrected chi connectivity index (χ4v) is 4.93. The van der Waals surface area contributed by atoms with Crippen LogP contribution in [0.2, 0.25) is 0 Å². The molecule has 2 amide bonds. The predicted molar refractivity (Wildman–Crippen MR) is 136 cm³/mol. The van der Waals surface area contributed by atoms with Crippen LogP contribution in [0, 0.1) is 11.3 Å². The van der Waals surface area contributed by atoms with Gasteiger partial charge in [0.2, 0.25) is 11.8 Å². The van der Waals surface area contributed by atoms with Crippen molar-refractivity contribution in [2.75, 3.05) is 0 Å². The molecule has 198 valence electrons. The van der Waals surface area contributed by atoms with Crippen LogP contribution in [0.25, 0.3) is 27.8 Å². The average molecular weight is 531 g/mol. The molecule has 4 aromatic rings. The molecule has 0 aliphatic heterocycles. The normalized spacial score (nSPS) is 18.7. The van der Waals surface area contributed by atoms with E-state index in [1.54, 1.807) is 17.1 Å². The minimum atomic E-state index is -2.91. The molecular weight excluding hydrogens is 506 g/mol. The third-order valence-electron chi connectivity index (χ3n) is 7.57. The zero-order valence-electron chi connectivity index (χ0n) is 20.8. The highest BCUT2D eigenvalue weighted by Gasteiger charge is 2.53. The second-order valence-corrected chi connectivity index (χ2v) is 10.3. The van der Waals surface area contributed by atoms with Crippen molar-refractivity contribution in [2.24, 2.45) is 0 Å². The van der Waals surface area contributed by atoms with Gasteiger partial charge in [-0.25, -0.2) is 18.4 Å². The number of fused-ring (bicyclic) bond motifs is 1. The van der Waals surface area contributed by atoms with Gasteiger partial charge in [0.1, 0.15) is 29.3 Å². The number of hydrogen-bond donors (Lipinski definition) is 2. The summed E-state index contributed by atoms with van der Waals surface area (Å²) in [6, 6.07) is 16.8. The van der Waals surface area contributed by atoms with Gasteiger partial charge in [-0.05, 0) is 61.1 Å². The summed E-state index contributed by atoms with van der Waals surface area (Å²) < 4.78 is 35.5. The number of nitriles is 1. The van der Waals surface area contributed by atoms with Crippen molar-refractivity contribution in [3.63, 3.8) is 0 Å². The number of rotatable bonds is 6. The molecule has 0 bridgehead atoms. The van der Waals surface area contributed by atoms with E-state index in [9.17, 15) is 23.6 Å². The van der Waals surface area contributed by atoms with Gasteiger partial charge in [0, 0.05) is 18.2 Å². The number of benzene rings is 2.